The molecule has 0 saturated carbocycles. The molecule has 0 fully saturated rings. The number of carboxylic acids is 1. The first-order valence-corrected chi connectivity index (χ1v) is 9.81. The van der Waals surface area contributed by atoms with Gasteiger partial charge < -0.3 is 20.3 Å². The van der Waals surface area contributed by atoms with Gasteiger partial charge in [-0.05, 0) is 36.8 Å². The lowest BCUT2D eigenvalue weighted by atomic mass is 10.1. The highest BCUT2D eigenvalue weighted by molar-refractivity contribution is 5.99. The van der Waals surface area contributed by atoms with E-state index in [1.165, 1.54) is 6.07 Å². The molecule has 178 valence electrons. The number of aliphatic carboxylic acids is 1. The summed E-state index contributed by atoms with van der Waals surface area (Å²) >= 11 is 0. The van der Waals surface area contributed by atoms with Gasteiger partial charge in [0.25, 0.3) is 11.5 Å². The first kappa shape index (κ1) is 24.3. The van der Waals surface area contributed by atoms with Crippen LogP contribution in [-0.2, 0) is 11.3 Å². The van der Waals surface area contributed by atoms with Crippen molar-refractivity contribution in [2.75, 3.05) is 13.2 Å². The van der Waals surface area contributed by atoms with Gasteiger partial charge in [-0.2, -0.15) is 5.10 Å². The predicted octanol–water partition coefficient (Wildman–Crippen LogP) is 2.29. The fraction of sp³-hybridized carbons (Fsp3) is 0.182. The van der Waals surface area contributed by atoms with Crippen molar-refractivity contribution < 1.29 is 37.7 Å². The number of carboxylic acid groups (broad SMARTS) is 1. The summed E-state index contributed by atoms with van der Waals surface area (Å²) in [5, 5.41) is 25.4. The number of amides is 1. The summed E-state index contributed by atoms with van der Waals surface area (Å²) in [5.74, 6) is -6.15. The van der Waals surface area contributed by atoms with E-state index < -0.39 is 65.0 Å². The Balaban J connectivity index is 2.21. The highest BCUT2D eigenvalue weighted by Gasteiger charge is 2.25. The molecule has 12 heteroatoms. The number of hydrogen-bond donors (Lipinski definition) is 3. The van der Waals surface area contributed by atoms with Gasteiger partial charge in [-0.25, -0.2) is 17.9 Å². The van der Waals surface area contributed by atoms with Gasteiger partial charge in [-0.1, -0.05) is 0 Å². The van der Waals surface area contributed by atoms with Crippen LogP contribution in [0.1, 0.15) is 22.8 Å². The summed E-state index contributed by atoms with van der Waals surface area (Å²) < 4.78 is 47.3. The van der Waals surface area contributed by atoms with Crippen LogP contribution in [0, 0.1) is 17.5 Å². The SMILES string of the molecule is CCOc1cc(F)cc(-c2nn(Cc3cc(F)cc(F)c3)c(=O)c(C(=O)NCC(=O)O)c2O)c1. The molecule has 0 aliphatic heterocycles. The number of halogens is 3. The number of aromatic nitrogens is 2. The molecule has 1 aromatic heterocycles. The van der Waals surface area contributed by atoms with E-state index in [4.69, 9.17) is 9.84 Å². The zero-order valence-electron chi connectivity index (χ0n) is 17.6. The van der Waals surface area contributed by atoms with Gasteiger partial charge in [0.15, 0.2) is 11.3 Å². The fourth-order valence-electron chi connectivity index (χ4n) is 3.14. The summed E-state index contributed by atoms with van der Waals surface area (Å²) in [6, 6.07) is 5.81. The van der Waals surface area contributed by atoms with Crippen LogP contribution in [-0.4, -0.2) is 45.0 Å². The summed E-state index contributed by atoms with van der Waals surface area (Å²) in [7, 11) is 0. The topological polar surface area (TPSA) is 131 Å². The van der Waals surface area contributed by atoms with Crippen LogP contribution in [0.3, 0.4) is 0 Å². The van der Waals surface area contributed by atoms with Crippen LogP contribution < -0.4 is 15.6 Å². The minimum Gasteiger partial charge on any atom is -0.505 e. The summed E-state index contributed by atoms with van der Waals surface area (Å²) in [5.41, 5.74) is -2.58. The van der Waals surface area contributed by atoms with Crippen LogP contribution in [0.5, 0.6) is 11.5 Å². The Kier molecular flexibility index (Phi) is 7.19. The third-order valence-electron chi connectivity index (χ3n) is 4.47. The molecule has 34 heavy (non-hydrogen) atoms. The van der Waals surface area contributed by atoms with Gasteiger partial charge >= 0.3 is 5.97 Å². The van der Waals surface area contributed by atoms with E-state index in [1.807, 2.05) is 5.32 Å². The molecular formula is C22H18F3N3O6. The maximum Gasteiger partial charge on any atom is 0.322 e. The maximum absolute atomic E-state index is 14.2. The number of nitrogens with one attached hydrogen (secondary N) is 1. The fourth-order valence-corrected chi connectivity index (χ4v) is 3.14. The van der Waals surface area contributed by atoms with Crippen LogP contribution in [0.15, 0.2) is 41.2 Å². The van der Waals surface area contributed by atoms with Gasteiger partial charge in [0.05, 0.1) is 13.2 Å². The molecule has 0 aliphatic carbocycles. The van der Waals surface area contributed by atoms with Crippen LogP contribution in [0.4, 0.5) is 13.2 Å². The lowest BCUT2D eigenvalue weighted by Crippen LogP contribution is -2.37. The quantitative estimate of drug-likeness (QED) is 0.454. The Morgan fingerprint density at radius 2 is 1.71 bits per heavy atom. The number of carbonyl (C=O) groups is 2. The van der Waals surface area contributed by atoms with Gasteiger partial charge in [-0.3, -0.25) is 14.4 Å². The van der Waals surface area contributed by atoms with Gasteiger partial charge in [0.2, 0.25) is 0 Å². The van der Waals surface area contributed by atoms with Crippen LogP contribution >= 0.6 is 0 Å². The lowest BCUT2D eigenvalue weighted by Gasteiger charge is -2.14. The van der Waals surface area contributed by atoms with E-state index in [0.29, 0.717) is 10.7 Å². The number of ether oxygens (including phenoxy) is 1. The highest BCUT2D eigenvalue weighted by Crippen LogP contribution is 2.31. The predicted molar refractivity (Wildman–Crippen MR) is 112 cm³/mol. The van der Waals surface area contributed by atoms with Gasteiger partial charge in [-0.15, -0.1) is 0 Å². The first-order valence-electron chi connectivity index (χ1n) is 9.81. The average molecular weight is 477 g/mol. The van der Waals surface area contributed by atoms with Crippen molar-refractivity contribution in [2.24, 2.45) is 0 Å². The molecule has 1 heterocycles. The molecule has 0 aliphatic rings. The van der Waals surface area contributed by atoms with E-state index in [9.17, 15) is 32.7 Å². The number of nitrogens with zero attached hydrogens (tertiary/aromatic N) is 2. The van der Waals surface area contributed by atoms with E-state index in [0.717, 1.165) is 24.3 Å². The van der Waals surface area contributed by atoms with Crippen LogP contribution in [0.25, 0.3) is 11.3 Å². The Morgan fingerprint density at radius 3 is 2.32 bits per heavy atom. The molecule has 1 amide bonds. The van der Waals surface area contributed by atoms with Crippen molar-refractivity contribution in [3.8, 4) is 22.8 Å². The molecule has 2 aromatic carbocycles. The van der Waals surface area contributed by atoms with Crippen molar-refractivity contribution >= 4 is 11.9 Å². The van der Waals surface area contributed by atoms with E-state index >= 15 is 0 Å². The molecular weight excluding hydrogens is 459 g/mol. The van der Waals surface area contributed by atoms with E-state index in [2.05, 4.69) is 5.10 Å². The largest absolute Gasteiger partial charge is 0.505 e. The molecule has 0 radical (unpaired) electrons. The zero-order valence-corrected chi connectivity index (χ0v) is 17.6. The van der Waals surface area contributed by atoms with E-state index in [1.54, 1.807) is 6.92 Å². The van der Waals surface area contributed by atoms with Crippen molar-refractivity contribution in [3.63, 3.8) is 0 Å². The Bertz CT molecular complexity index is 1310. The molecule has 0 bridgehead atoms. The summed E-state index contributed by atoms with van der Waals surface area (Å²) in [4.78, 5) is 36.2. The molecule has 9 nitrogen and oxygen atoms in total. The molecule has 3 aromatic rings. The molecule has 3 rings (SSSR count). The smallest absolute Gasteiger partial charge is 0.322 e. The zero-order chi connectivity index (χ0) is 25.0. The van der Waals surface area contributed by atoms with Crippen molar-refractivity contribution in [3.05, 3.63) is 75.3 Å². The second-order valence-electron chi connectivity index (χ2n) is 7.00. The number of rotatable bonds is 8. The number of hydrogen-bond acceptors (Lipinski definition) is 6. The summed E-state index contributed by atoms with van der Waals surface area (Å²) in [6.45, 7) is 0.464. The highest BCUT2D eigenvalue weighted by atomic mass is 19.1. The minimum absolute atomic E-state index is 0.0325. The molecule has 0 atom stereocenters. The normalized spacial score (nSPS) is 10.7. The maximum atomic E-state index is 14.2. The molecule has 0 saturated heterocycles. The molecule has 0 spiro atoms. The number of aromatic hydroxyl groups is 1. The molecule has 0 unspecified atom stereocenters. The van der Waals surface area contributed by atoms with E-state index in [-0.39, 0.29) is 23.5 Å². The molecule has 3 N–H and O–H groups in total. The lowest BCUT2D eigenvalue weighted by molar-refractivity contribution is -0.135. The second-order valence-corrected chi connectivity index (χ2v) is 7.00. The second kappa shape index (κ2) is 10.1. The Hall–Kier alpha value is -4.35. The van der Waals surface area contributed by atoms with Crippen molar-refractivity contribution in [1.82, 2.24) is 15.1 Å². The minimum atomic E-state index is -1.41. The van der Waals surface area contributed by atoms with Gasteiger partial charge in [0.1, 0.15) is 35.4 Å². The number of benzene rings is 2. The third kappa shape index (κ3) is 5.52. The van der Waals surface area contributed by atoms with Crippen LogP contribution in [0.2, 0.25) is 0 Å². The standard InChI is InChI=1S/C22H18F3N3O6/c1-2-34-16-6-12(5-15(25)8-16)19-20(31)18(21(32)26-9-17(29)30)22(33)28(27-19)10-11-3-13(23)7-14(24)4-11/h3-8,31H,2,9-10H2,1H3,(H,26,32)(H,29,30). The van der Waals surface area contributed by atoms with Gasteiger partial charge in [0, 0.05) is 17.7 Å². The monoisotopic (exact) mass is 477 g/mol. The summed E-state index contributed by atoms with van der Waals surface area (Å²) in [6.07, 6.45) is 0. The number of carbonyl (C=O) groups excluding carboxylic acids is 1. The van der Waals surface area contributed by atoms with Crippen molar-refractivity contribution in [1.29, 1.82) is 0 Å². The Labute approximate surface area is 190 Å². The third-order valence-corrected chi connectivity index (χ3v) is 4.47. The first-order chi connectivity index (χ1) is 16.1. The van der Waals surface area contributed by atoms with Crippen molar-refractivity contribution in [2.45, 2.75) is 13.5 Å². The Morgan fingerprint density at radius 1 is 1.06 bits per heavy atom. The average Bonchev–Trinajstić information content (AvgIpc) is 2.73.